The predicted octanol–water partition coefficient (Wildman–Crippen LogP) is 4.24. The Morgan fingerprint density at radius 2 is 2.06 bits per heavy atom. The number of hydrogen-bond acceptors (Lipinski definition) is 7. The predicted molar refractivity (Wildman–Crippen MR) is 131 cm³/mol. The lowest BCUT2D eigenvalue weighted by Gasteiger charge is -2.29. The van der Waals surface area contributed by atoms with Gasteiger partial charge < -0.3 is 4.74 Å². The van der Waals surface area contributed by atoms with E-state index in [2.05, 4.69) is 18.7 Å². The van der Waals surface area contributed by atoms with Crippen molar-refractivity contribution in [3.8, 4) is 22.1 Å². The molecule has 2 aromatic heterocycles. The van der Waals surface area contributed by atoms with E-state index in [4.69, 9.17) is 22.1 Å². The van der Waals surface area contributed by atoms with Crippen molar-refractivity contribution in [3.63, 3.8) is 0 Å². The summed E-state index contributed by atoms with van der Waals surface area (Å²) in [4.78, 5) is 3.21. The van der Waals surface area contributed by atoms with Gasteiger partial charge in [-0.15, -0.1) is 16.4 Å². The number of nitrogens with zero attached hydrogens (tertiary/aromatic N) is 4. The molecule has 0 N–H and O–H groups in total. The third-order valence-corrected chi connectivity index (χ3v) is 8.56. The first-order valence-electron chi connectivity index (χ1n) is 10.6. The van der Waals surface area contributed by atoms with Crippen molar-refractivity contribution in [2.24, 2.45) is 5.92 Å². The third-order valence-electron chi connectivity index (χ3n) is 5.55. The minimum atomic E-state index is -2.99. The first-order chi connectivity index (χ1) is 15.3. The van der Waals surface area contributed by atoms with Crippen LogP contribution in [0.4, 0.5) is 0 Å². The summed E-state index contributed by atoms with van der Waals surface area (Å²) in [7, 11) is -1.35. The van der Waals surface area contributed by atoms with Crippen molar-refractivity contribution < 1.29 is 13.2 Å². The normalized spacial score (nSPS) is 18.0. The van der Waals surface area contributed by atoms with Crippen molar-refractivity contribution >= 4 is 33.4 Å². The Kier molecular flexibility index (Phi) is 6.85. The molecule has 3 heterocycles. The first kappa shape index (κ1) is 23.2. The molecule has 0 amide bonds. The monoisotopic (exact) mass is 492 g/mol. The molecule has 1 unspecified atom stereocenters. The lowest BCUT2D eigenvalue weighted by atomic mass is 10.1. The third kappa shape index (κ3) is 4.83. The highest BCUT2D eigenvalue weighted by Crippen LogP contribution is 2.31. The van der Waals surface area contributed by atoms with E-state index in [0.717, 1.165) is 22.9 Å². The Labute approximate surface area is 198 Å². The Hall–Kier alpha value is -2.01. The zero-order valence-corrected chi connectivity index (χ0v) is 20.9. The zero-order valence-electron chi connectivity index (χ0n) is 18.5. The number of para-hydroxylation sites is 2. The fraction of sp³-hybridized carbons (Fsp3) is 0.455. The minimum Gasteiger partial charge on any atom is -0.495 e. The molecule has 4 rings (SSSR count). The van der Waals surface area contributed by atoms with Gasteiger partial charge in [-0.3, -0.25) is 9.47 Å². The van der Waals surface area contributed by atoms with Gasteiger partial charge in [-0.1, -0.05) is 32.0 Å². The highest BCUT2D eigenvalue weighted by Gasteiger charge is 2.33. The molecule has 1 aromatic carbocycles. The van der Waals surface area contributed by atoms with E-state index in [1.54, 1.807) is 18.4 Å². The fourth-order valence-electron chi connectivity index (χ4n) is 4.12. The second kappa shape index (κ2) is 9.46. The van der Waals surface area contributed by atoms with Gasteiger partial charge in [0.15, 0.2) is 15.7 Å². The van der Waals surface area contributed by atoms with Crippen LogP contribution in [-0.2, 0) is 16.5 Å². The highest BCUT2D eigenvalue weighted by atomic mass is 32.2. The van der Waals surface area contributed by atoms with Crippen molar-refractivity contribution in [1.29, 1.82) is 0 Å². The Morgan fingerprint density at radius 3 is 2.69 bits per heavy atom. The van der Waals surface area contributed by atoms with Gasteiger partial charge in [-0.2, -0.15) is 0 Å². The smallest absolute Gasteiger partial charge is 0.204 e. The van der Waals surface area contributed by atoms with Crippen molar-refractivity contribution in [1.82, 2.24) is 19.2 Å². The van der Waals surface area contributed by atoms with Crippen LogP contribution < -0.4 is 4.74 Å². The molecule has 32 heavy (non-hydrogen) atoms. The Bertz CT molecular complexity index is 1230. The lowest BCUT2D eigenvalue weighted by molar-refractivity contribution is 0.137. The SMILES string of the molecule is COc1ccccc1-n1c(-c2cccs2)nn(CN(CC(C)C)C2CCS(=O)(=O)C2)c1=S. The quantitative estimate of drug-likeness (QED) is 0.438. The van der Waals surface area contributed by atoms with Crippen LogP contribution >= 0.6 is 23.6 Å². The number of aromatic nitrogens is 3. The largest absolute Gasteiger partial charge is 0.495 e. The summed E-state index contributed by atoms with van der Waals surface area (Å²) < 4.78 is 34.2. The number of ether oxygens (including phenoxy) is 1. The van der Waals surface area contributed by atoms with Crippen LogP contribution in [0.25, 0.3) is 16.4 Å². The summed E-state index contributed by atoms with van der Waals surface area (Å²) >= 11 is 7.49. The molecule has 0 spiro atoms. The molecule has 0 saturated carbocycles. The second-order valence-electron chi connectivity index (χ2n) is 8.45. The van der Waals surface area contributed by atoms with Gasteiger partial charge in [0.25, 0.3) is 0 Å². The summed E-state index contributed by atoms with van der Waals surface area (Å²) in [6.07, 6.45) is 0.646. The number of methoxy groups -OCH3 is 1. The molecular formula is C22H28N4O3S3. The fourth-order valence-corrected chi connectivity index (χ4v) is 6.87. The van der Waals surface area contributed by atoms with E-state index in [9.17, 15) is 8.42 Å². The molecule has 1 fully saturated rings. The van der Waals surface area contributed by atoms with Crippen LogP contribution in [0.2, 0.25) is 0 Å². The number of benzene rings is 1. The van der Waals surface area contributed by atoms with E-state index in [1.165, 1.54) is 0 Å². The van der Waals surface area contributed by atoms with Gasteiger partial charge in [0.05, 0.1) is 35.8 Å². The Morgan fingerprint density at radius 1 is 1.28 bits per heavy atom. The van der Waals surface area contributed by atoms with E-state index in [-0.39, 0.29) is 17.5 Å². The highest BCUT2D eigenvalue weighted by molar-refractivity contribution is 7.91. The molecule has 3 aromatic rings. The van der Waals surface area contributed by atoms with Crippen molar-refractivity contribution in [3.05, 3.63) is 46.5 Å². The van der Waals surface area contributed by atoms with E-state index >= 15 is 0 Å². The summed E-state index contributed by atoms with van der Waals surface area (Å²) in [5.74, 6) is 2.28. The summed E-state index contributed by atoms with van der Waals surface area (Å²) in [5, 5.41) is 6.91. The standard InChI is InChI=1S/C22H28N4O3S3/c1-16(2)13-24(17-10-12-32(27,28)14-17)15-25-22(30)26(18-7-4-5-8-19(18)29-3)21(23-25)20-9-6-11-31-20/h4-9,11,16-17H,10,12-15H2,1-3H3. The maximum absolute atomic E-state index is 12.1. The van der Waals surface area contributed by atoms with Gasteiger partial charge in [0.1, 0.15) is 5.75 Å². The molecule has 0 bridgehead atoms. The van der Waals surface area contributed by atoms with Crippen LogP contribution in [0.5, 0.6) is 5.75 Å². The average Bonchev–Trinajstić information content (AvgIpc) is 3.47. The summed E-state index contributed by atoms with van der Waals surface area (Å²) in [6.45, 7) is 5.50. The molecule has 1 atom stereocenters. The molecule has 1 saturated heterocycles. The topological polar surface area (TPSA) is 69.4 Å². The van der Waals surface area contributed by atoms with E-state index in [0.29, 0.717) is 29.5 Å². The molecule has 0 radical (unpaired) electrons. The number of thiophene rings is 1. The molecule has 7 nitrogen and oxygen atoms in total. The van der Waals surface area contributed by atoms with Gasteiger partial charge in [0.2, 0.25) is 4.77 Å². The summed E-state index contributed by atoms with van der Waals surface area (Å²) in [5.41, 5.74) is 0.827. The van der Waals surface area contributed by atoms with E-state index in [1.807, 2.05) is 51.0 Å². The average molecular weight is 493 g/mol. The second-order valence-corrected chi connectivity index (χ2v) is 12.0. The van der Waals surface area contributed by atoms with Gasteiger partial charge in [0, 0.05) is 12.6 Å². The molecule has 0 aliphatic carbocycles. The maximum atomic E-state index is 12.1. The minimum absolute atomic E-state index is 0.0223. The number of hydrogen-bond donors (Lipinski definition) is 0. The van der Waals surface area contributed by atoms with Crippen LogP contribution in [0, 0.1) is 10.7 Å². The zero-order chi connectivity index (χ0) is 22.9. The van der Waals surface area contributed by atoms with Crippen LogP contribution in [0.3, 0.4) is 0 Å². The lowest BCUT2D eigenvalue weighted by Crippen LogP contribution is -2.40. The van der Waals surface area contributed by atoms with Gasteiger partial charge in [-0.25, -0.2) is 13.1 Å². The first-order valence-corrected chi connectivity index (χ1v) is 13.7. The van der Waals surface area contributed by atoms with Crippen LogP contribution in [0.1, 0.15) is 20.3 Å². The molecule has 1 aliphatic heterocycles. The maximum Gasteiger partial charge on any atom is 0.204 e. The molecule has 10 heteroatoms. The van der Waals surface area contributed by atoms with Crippen LogP contribution in [-0.4, -0.2) is 58.9 Å². The molecule has 1 aliphatic rings. The van der Waals surface area contributed by atoms with Gasteiger partial charge in [-0.05, 0) is 48.1 Å². The van der Waals surface area contributed by atoms with Gasteiger partial charge >= 0.3 is 0 Å². The summed E-state index contributed by atoms with van der Waals surface area (Å²) in [6, 6.07) is 11.7. The van der Waals surface area contributed by atoms with E-state index < -0.39 is 9.84 Å². The number of sulfone groups is 1. The Balaban J connectivity index is 1.78. The number of rotatable bonds is 8. The van der Waals surface area contributed by atoms with Crippen molar-refractivity contribution in [2.45, 2.75) is 33.0 Å². The molecular weight excluding hydrogens is 464 g/mol. The van der Waals surface area contributed by atoms with Crippen molar-refractivity contribution in [2.75, 3.05) is 25.2 Å². The molecule has 172 valence electrons. The van der Waals surface area contributed by atoms with Crippen LogP contribution in [0.15, 0.2) is 41.8 Å².